The Morgan fingerprint density at radius 2 is 0.754 bits per heavy atom. The van der Waals surface area contributed by atoms with Crippen molar-refractivity contribution in [3.8, 4) is 33.6 Å². The van der Waals surface area contributed by atoms with Crippen LogP contribution in [0.1, 0.15) is 0 Å². The van der Waals surface area contributed by atoms with Crippen molar-refractivity contribution < 1.29 is 0 Å². The van der Waals surface area contributed by atoms with Crippen molar-refractivity contribution in [1.82, 2.24) is 9.13 Å². The molecule has 0 atom stereocenters. The second-order valence-electron chi connectivity index (χ2n) is 15.7. The van der Waals surface area contributed by atoms with Crippen molar-refractivity contribution in [2.75, 3.05) is 4.90 Å². The Morgan fingerprint density at radius 3 is 1.44 bits per heavy atom. The van der Waals surface area contributed by atoms with Crippen molar-refractivity contribution in [3.05, 3.63) is 237 Å². The molecule has 2 heterocycles. The zero-order valence-electron chi connectivity index (χ0n) is 33.4. The second kappa shape index (κ2) is 14.3. The number of benzene rings is 10. The first-order chi connectivity index (χ1) is 30.3. The quantitative estimate of drug-likeness (QED) is 0.157. The van der Waals surface area contributed by atoms with Gasteiger partial charge < -0.3 is 14.0 Å². The van der Waals surface area contributed by atoms with Crippen molar-refractivity contribution in [1.29, 1.82) is 0 Å². The van der Waals surface area contributed by atoms with Crippen molar-refractivity contribution in [2.24, 2.45) is 0 Å². The average molecular weight is 778 g/mol. The molecule has 3 heteroatoms. The molecule has 0 aliphatic carbocycles. The highest BCUT2D eigenvalue weighted by Crippen LogP contribution is 2.41. The van der Waals surface area contributed by atoms with E-state index in [1.54, 1.807) is 0 Å². The first-order valence-corrected chi connectivity index (χ1v) is 20.9. The lowest BCUT2D eigenvalue weighted by molar-refractivity contribution is 1.17. The molecule has 0 amide bonds. The van der Waals surface area contributed by atoms with E-state index >= 15 is 0 Å². The molecule has 0 bridgehead atoms. The average Bonchev–Trinajstić information content (AvgIpc) is 3.84. The SMILES string of the molecule is c1ccc(-c2ccc(-n3c4ccccc4c4cc(-c5ccc6c7ccccc7n(-c7ccc(N(c8ccccc8)c8ccccc8)cc7)c6c5)ccc43)c3ccccc23)cc1. The van der Waals surface area contributed by atoms with Gasteiger partial charge in [0.05, 0.1) is 27.8 Å². The number of anilines is 3. The van der Waals surface area contributed by atoms with Crippen LogP contribution in [0.15, 0.2) is 237 Å². The molecule has 2 aromatic heterocycles. The van der Waals surface area contributed by atoms with E-state index in [4.69, 9.17) is 0 Å². The summed E-state index contributed by atoms with van der Waals surface area (Å²) in [4.78, 5) is 2.31. The number of nitrogens with zero attached hydrogens (tertiary/aromatic N) is 3. The summed E-state index contributed by atoms with van der Waals surface area (Å²) in [5, 5.41) is 7.44. The molecular formula is C58H39N3. The van der Waals surface area contributed by atoms with Gasteiger partial charge in [-0.1, -0.05) is 152 Å². The lowest BCUT2D eigenvalue weighted by atomic mass is 9.97. The van der Waals surface area contributed by atoms with E-state index in [1.807, 2.05) is 0 Å². The van der Waals surface area contributed by atoms with Crippen LogP contribution < -0.4 is 4.90 Å². The third-order valence-corrected chi connectivity index (χ3v) is 12.3. The Balaban J connectivity index is 0.992. The summed E-state index contributed by atoms with van der Waals surface area (Å²) in [6, 6.07) is 85.8. The third kappa shape index (κ3) is 5.74. The van der Waals surface area contributed by atoms with Crippen molar-refractivity contribution >= 4 is 71.4 Å². The number of para-hydroxylation sites is 4. The molecule has 10 aromatic carbocycles. The van der Waals surface area contributed by atoms with Crippen LogP contribution in [0.3, 0.4) is 0 Å². The Kier molecular flexibility index (Phi) is 8.17. The van der Waals surface area contributed by atoms with Crippen LogP contribution in [0.4, 0.5) is 17.1 Å². The van der Waals surface area contributed by atoms with Crippen LogP contribution >= 0.6 is 0 Å². The first kappa shape index (κ1) is 34.9. The third-order valence-electron chi connectivity index (χ3n) is 12.3. The summed E-state index contributed by atoms with van der Waals surface area (Å²) in [6.07, 6.45) is 0. The molecule has 0 spiro atoms. The van der Waals surface area contributed by atoms with Crippen LogP contribution in [-0.2, 0) is 0 Å². The molecule has 0 N–H and O–H groups in total. The van der Waals surface area contributed by atoms with Gasteiger partial charge in [-0.2, -0.15) is 0 Å². The number of aromatic nitrogens is 2. The van der Waals surface area contributed by atoms with Crippen LogP contribution in [0, 0.1) is 0 Å². The highest BCUT2D eigenvalue weighted by molar-refractivity contribution is 6.14. The lowest BCUT2D eigenvalue weighted by Crippen LogP contribution is -2.09. The van der Waals surface area contributed by atoms with Gasteiger partial charge in [0.1, 0.15) is 0 Å². The second-order valence-corrected chi connectivity index (χ2v) is 15.7. The summed E-state index contributed by atoms with van der Waals surface area (Å²) in [6.45, 7) is 0. The van der Waals surface area contributed by atoms with Gasteiger partial charge in [0.25, 0.3) is 0 Å². The van der Waals surface area contributed by atoms with Gasteiger partial charge in [-0.3, -0.25) is 0 Å². The molecule has 0 radical (unpaired) electrons. The molecule has 0 unspecified atom stereocenters. The summed E-state index contributed by atoms with van der Waals surface area (Å²) in [5.74, 6) is 0. The maximum Gasteiger partial charge on any atom is 0.0547 e. The molecule has 0 saturated heterocycles. The van der Waals surface area contributed by atoms with Crippen LogP contribution in [0.25, 0.3) is 88.0 Å². The molecule has 286 valence electrons. The topological polar surface area (TPSA) is 13.1 Å². The number of rotatable bonds is 7. The number of fused-ring (bicyclic) bond motifs is 7. The first-order valence-electron chi connectivity index (χ1n) is 20.9. The zero-order chi connectivity index (χ0) is 40.3. The van der Waals surface area contributed by atoms with E-state index in [2.05, 4.69) is 251 Å². The Bertz CT molecular complexity index is 3520. The summed E-state index contributed by atoms with van der Waals surface area (Å²) in [7, 11) is 0. The Hall–Kier alpha value is -8.14. The maximum absolute atomic E-state index is 2.45. The van der Waals surface area contributed by atoms with E-state index in [9.17, 15) is 0 Å². The van der Waals surface area contributed by atoms with Crippen LogP contribution in [0.5, 0.6) is 0 Å². The van der Waals surface area contributed by atoms with Gasteiger partial charge in [0.2, 0.25) is 0 Å². The zero-order valence-corrected chi connectivity index (χ0v) is 33.4. The molecule has 61 heavy (non-hydrogen) atoms. The molecule has 3 nitrogen and oxygen atoms in total. The maximum atomic E-state index is 2.45. The van der Waals surface area contributed by atoms with Crippen LogP contribution in [0.2, 0.25) is 0 Å². The van der Waals surface area contributed by atoms with E-state index < -0.39 is 0 Å². The van der Waals surface area contributed by atoms with Crippen molar-refractivity contribution in [2.45, 2.75) is 0 Å². The minimum Gasteiger partial charge on any atom is -0.311 e. The predicted octanol–water partition coefficient (Wildman–Crippen LogP) is 15.8. The fraction of sp³-hybridized carbons (Fsp3) is 0. The van der Waals surface area contributed by atoms with E-state index in [0.29, 0.717) is 0 Å². The molecule has 0 saturated carbocycles. The Morgan fingerprint density at radius 1 is 0.262 bits per heavy atom. The van der Waals surface area contributed by atoms with E-state index in [-0.39, 0.29) is 0 Å². The van der Waals surface area contributed by atoms with E-state index in [1.165, 1.54) is 82.3 Å². The predicted molar refractivity (Wildman–Crippen MR) is 258 cm³/mol. The standard InChI is InChI=1S/C58H39N3/c1-4-16-40(17-5-1)47-35-37-56(49-23-11-10-22-48(47)49)61-55-27-15-13-25-51(55)53-38-41(29-36-57(53)61)42-28-34-52-50-24-12-14-26-54(50)60(58(52)39-42)46-32-30-45(31-33-46)59(43-18-6-2-7-19-43)44-20-8-3-9-21-44/h1-39H. The van der Waals surface area contributed by atoms with Gasteiger partial charge in [-0.05, 0) is 113 Å². The van der Waals surface area contributed by atoms with Crippen molar-refractivity contribution in [3.63, 3.8) is 0 Å². The van der Waals surface area contributed by atoms with Gasteiger partial charge >= 0.3 is 0 Å². The molecule has 0 aliphatic heterocycles. The molecule has 12 aromatic rings. The normalized spacial score (nSPS) is 11.6. The van der Waals surface area contributed by atoms with Gasteiger partial charge in [0.15, 0.2) is 0 Å². The molecule has 12 rings (SSSR count). The smallest absolute Gasteiger partial charge is 0.0547 e. The highest BCUT2D eigenvalue weighted by atomic mass is 15.1. The molecule has 0 fully saturated rings. The minimum atomic E-state index is 1.11. The summed E-state index contributed by atoms with van der Waals surface area (Å²) < 4.78 is 4.87. The van der Waals surface area contributed by atoms with Crippen LogP contribution in [-0.4, -0.2) is 9.13 Å². The molecular weight excluding hydrogens is 739 g/mol. The minimum absolute atomic E-state index is 1.11. The summed E-state index contributed by atoms with van der Waals surface area (Å²) >= 11 is 0. The fourth-order valence-electron chi connectivity index (χ4n) is 9.54. The highest BCUT2D eigenvalue weighted by Gasteiger charge is 2.19. The monoisotopic (exact) mass is 777 g/mol. The van der Waals surface area contributed by atoms with Gasteiger partial charge in [-0.15, -0.1) is 0 Å². The largest absolute Gasteiger partial charge is 0.311 e. The lowest BCUT2D eigenvalue weighted by Gasteiger charge is -2.25. The van der Waals surface area contributed by atoms with Gasteiger partial charge in [0, 0.05) is 49.7 Å². The van der Waals surface area contributed by atoms with Gasteiger partial charge in [-0.25, -0.2) is 0 Å². The fourth-order valence-corrected chi connectivity index (χ4v) is 9.54. The number of hydrogen-bond donors (Lipinski definition) is 0. The Labute approximate surface area is 354 Å². The number of hydrogen-bond acceptors (Lipinski definition) is 1. The van der Waals surface area contributed by atoms with E-state index in [0.717, 1.165) is 22.7 Å². The molecule has 0 aliphatic rings. The summed E-state index contributed by atoms with van der Waals surface area (Å²) in [5.41, 5.74) is 15.3.